The molecule has 1 heterocycles. The highest BCUT2D eigenvalue weighted by Crippen LogP contribution is 2.31. The van der Waals surface area contributed by atoms with Crippen LogP contribution in [-0.2, 0) is 33.8 Å². The summed E-state index contributed by atoms with van der Waals surface area (Å²) in [6, 6.07) is 14.0. The molecule has 1 saturated heterocycles. The lowest BCUT2D eigenvalue weighted by Crippen LogP contribution is -2.48. The monoisotopic (exact) mass is 646 g/mol. The summed E-state index contributed by atoms with van der Waals surface area (Å²) < 4.78 is 11.6. The van der Waals surface area contributed by atoms with Gasteiger partial charge in [-0.1, -0.05) is 28.4 Å². The number of nitrogens with zero attached hydrogens (tertiary/aromatic N) is 8. The van der Waals surface area contributed by atoms with Crippen molar-refractivity contribution in [2.24, 2.45) is 16.1 Å². The third-order valence-electron chi connectivity index (χ3n) is 8.62. The average Bonchev–Trinajstić information content (AvgIpc) is 3.07. The van der Waals surface area contributed by atoms with Gasteiger partial charge in [-0.05, 0) is 84.6 Å². The van der Waals surface area contributed by atoms with Gasteiger partial charge in [0, 0.05) is 73.8 Å². The normalized spacial score (nSPS) is 19.6. The molecular formula is C33H46N10O4. The van der Waals surface area contributed by atoms with Crippen LogP contribution in [0, 0.1) is 5.92 Å². The van der Waals surface area contributed by atoms with Gasteiger partial charge in [0.25, 0.3) is 0 Å². The molecule has 1 aliphatic carbocycles. The molecule has 0 radical (unpaired) electrons. The minimum atomic E-state index is -0.113. The van der Waals surface area contributed by atoms with Crippen LogP contribution in [-0.4, -0.2) is 81.8 Å². The number of carbonyl (C=O) groups excluding carboxylic acids is 2. The molecule has 2 aromatic carbocycles. The number of amides is 2. The number of piperazine rings is 1. The molecule has 0 aromatic heterocycles. The van der Waals surface area contributed by atoms with Gasteiger partial charge in [0.2, 0.25) is 11.8 Å². The minimum absolute atomic E-state index is 0.00150. The molecule has 2 aromatic rings. The lowest BCUT2D eigenvalue weighted by Gasteiger charge is -2.33. The van der Waals surface area contributed by atoms with E-state index in [-0.39, 0.29) is 43.3 Å². The van der Waals surface area contributed by atoms with Crippen molar-refractivity contribution in [1.29, 1.82) is 0 Å². The fourth-order valence-electron chi connectivity index (χ4n) is 6.14. The molecule has 2 aliphatic rings. The number of anilines is 1. The van der Waals surface area contributed by atoms with Crippen LogP contribution in [0.4, 0.5) is 5.69 Å². The molecule has 0 spiro atoms. The smallest absolute Gasteiger partial charge is 0.229 e. The molecule has 0 unspecified atom stereocenters. The Labute approximate surface area is 276 Å². The average molecular weight is 647 g/mol. The van der Waals surface area contributed by atoms with E-state index in [2.05, 4.69) is 48.6 Å². The van der Waals surface area contributed by atoms with Crippen molar-refractivity contribution in [3.8, 4) is 5.75 Å². The Hall–Kier alpha value is -4.32. The van der Waals surface area contributed by atoms with Crippen molar-refractivity contribution in [2.75, 3.05) is 57.9 Å². The maximum atomic E-state index is 13.6. The van der Waals surface area contributed by atoms with Gasteiger partial charge in [0.15, 0.2) is 0 Å². The molecule has 4 rings (SSSR count). The molecule has 252 valence electrons. The summed E-state index contributed by atoms with van der Waals surface area (Å²) in [7, 11) is 1.82. The van der Waals surface area contributed by atoms with Gasteiger partial charge in [-0.15, -0.1) is 0 Å². The van der Waals surface area contributed by atoms with Crippen molar-refractivity contribution in [3.63, 3.8) is 0 Å². The second-order valence-corrected chi connectivity index (χ2v) is 12.2. The quantitative estimate of drug-likeness (QED) is 0.113. The third-order valence-corrected chi connectivity index (χ3v) is 8.62. The number of hydrogen-bond donors (Lipinski definition) is 2. The Balaban J connectivity index is 1.25. The zero-order valence-electron chi connectivity index (χ0n) is 27.4. The Morgan fingerprint density at radius 2 is 1.87 bits per heavy atom. The van der Waals surface area contributed by atoms with Crippen LogP contribution in [0.2, 0.25) is 0 Å². The largest absolute Gasteiger partial charge is 0.490 e. The number of rotatable bonds is 16. The second kappa shape index (κ2) is 18.7. The SMILES string of the molecule is C[C@H]1CN(Cc2ccc(N(C)C(=O)C3CCC(Oc4cccc(CC(=O)NCCOCCN=[N+]=[N-])c4)CC3)cc2CN=[N+]=[N-])CCN1. The highest BCUT2D eigenvalue weighted by molar-refractivity contribution is 5.94. The third kappa shape index (κ3) is 11.5. The van der Waals surface area contributed by atoms with E-state index in [9.17, 15) is 9.59 Å². The number of ether oxygens (including phenoxy) is 2. The number of azide groups is 2. The first-order valence-corrected chi connectivity index (χ1v) is 16.3. The predicted molar refractivity (Wildman–Crippen MR) is 180 cm³/mol. The molecule has 1 aliphatic heterocycles. The molecule has 14 heteroatoms. The van der Waals surface area contributed by atoms with Gasteiger partial charge in [-0.3, -0.25) is 14.5 Å². The van der Waals surface area contributed by atoms with Crippen molar-refractivity contribution in [2.45, 2.75) is 64.3 Å². The van der Waals surface area contributed by atoms with Gasteiger partial charge in [-0.2, -0.15) is 0 Å². The molecule has 2 fully saturated rings. The van der Waals surface area contributed by atoms with Crippen LogP contribution in [0.1, 0.15) is 49.3 Å². The Kier molecular flexibility index (Phi) is 14.2. The van der Waals surface area contributed by atoms with Crippen LogP contribution >= 0.6 is 0 Å². The lowest BCUT2D eigenvalue weighted by atomic mass is 9.86. The molecule has 1 saturated carbocycles. The van der Waals surface area contributed by atoms with Gasteiger partial charge in [0.1, 0.15) is 5.75 Å². The molecule has 1 atom stereocenters. The Bertz CT molecular complexity index is 1430. The molecule has 2 N–H and O–H groups in total. The zero-order valence-corrected chi connectivity index (χ0v) is 27.4. The van der Waals surface area contributed by atoms with E-state index in [0.717, 1.165) is 74.2 Å². The van der Waals surface area contributed by atoms with E-state index in [1.807, 2.05) is 43.4 Å². The van der Waals surface area contributed by atoms with E-state index in [4.69, 9.17) is 20.5 Å². The maximum Gasteiger partial charge on any atom is 0.229 e. The summed E-state index contributed by atoms with van der Waals surface area (Å²) in [5.74, 6) is 0.584. The number of carbonyl (C=O) groups is 2. The van der Waals surface area contributed by atoms with Crippen LogP contribution < -0.4 is 20.3 Å². The van der Waals surface area contributed by atoms with Crippen LogP contribution in [0.5, 0.6) is 5.75 Å². The summed E-state index contributed by atoms with van der Waals surface area (Å²) in [5, 5.41) is 13.5. The Morgan fingerprint density at radius 3 is 2.64 bits per heavy atom. The standard InChI is InChI=1S/C33H46N10O4/c1-24-22-43(15-12-36-24)23-27-6-9-29(20-28(27)21-39-41-35)42(2)33(45)26-7-10-30(11-8-26)47-31-5-3-4-25(18-31)19-32(44)37-13-16-46-17-14-38-40-34/h3-6,9,18,20,24,26,30,36H,7-8,10-17,19,21-23H2,1-2H3,(H,37,44)/t24-,26?,30?/m0/s1. The molecule has 14 nitrogen and oxygen atoms in total. The molecule has 2 amide bonds. The number of benzene rings is 2. The topological polar surface area (TPSA) is 181 Å². The minimum Gasteiger partial charge on any atom is -0.490 e. The van der Waals surface area contributed by atoms with Gasteiger partial charge in [-0.25, -0.2) is 0 Å². The fourth-order valence-corrected chi connectivity index (χ4v) is 6.14. The van der Waals surface area contributed by atoms with Gasteiger partial charge >= 0.3 is 0 Å². The van der Waals surface area contributed by atoms with Crippen LogP contribution in [0.15, 0.2) is 52.7 Å². The predicted octanol–water partition coefficient (Wildman–Crippen LogP) is 4.88. The van der Waals surface area contributed by atoms with Gasteiger partial charge < -0.3 is 25.0 Å². The van der Waals surface area contributed by atoms with Crippen molar-refractivity contribution in [1.82, 2.24) is 15.5 Å². The summed E-state index contributed by atoms with van der Waals surface area (Å²) in [5.41, 5.74) is 20.9. The van der Waals surface area contributed by atoms with Gasteiger partial charge in [0.05, 0.1) is 32.3 Å². The highest BCUT2D eigenvalue weighted by Gasteiger charge is 2.30. The van der Waals surface area contributed by atoms with Crippen LogP contribution in [0.25, 0.3) is 20.9 Å². The van der Waals surface area contributed by atoms with Crippen molar-refractivity contribution < 1.29 is 19.1 Å². The highest BCUT2D eigenvalue weighted by atomic mass is 16.5. The van der Waals surface area contributed by atoms with E-state index >= 15 is 0 Å². The van der Waals surface area contributed by atoms with E-state index in [1.54, 1.807) is 4.90 Å². The summed E-state index contributed by atoms with van der Waals surface area (Å²) in [6.45, 7) is 7.36. The first kappa shape index (κ1) is 35.5. The fraction of sp³-hybridized carbons (Fsp3) is 0.576. The zero-order chi connectivity index (χ0) is 33.4. The summed E-state index contributed by atoms with van der Waals surface area (Å²) in [4.78, 5) is 35.7. The number of nitrogens with one attached hydrogen (secondary N) is 2. The molecular weight excluding hydrogens is 600 g/mol. The lowest BCUT2D eigenvalue weighted by molar-refractivity contribution is -0.123. The summed E-state index contributed by atoms with van der Waals surface area (Å²) in [6.07, 6.45) is 3.21. The van der Waals surface area contributed by atoms with E-state index < -0.39 is 0 Å². The van der Waals surface area contributed by atoms with Crippen LogP contribution in [0.3, 0.4) is 0 Å². The summed E-state index contributed by atoms with van der Waals surface area (Å²) >= 11 is 0. The van der Waals surface area contributed by atoms with E-state index in [0.29, 0.717) is 31.5 Å². The van der Waals surface area contributed by atoms with Crippen molar-refractivity contribution in [3.05, 3.63) is 80.0 Å². The first-order valence-electron chi connectivity index (χ1n) is 16.3. The van der Waals surface area contributed by atoms with Crippen molar-refractivity contribution >= 4 is 17.5 Å². The maximum absolute atomic E-state index is 13.6. The van der Waals surface area contributed by atoms with E-state index in [1.165, 1.54) is 0 Å². The molecule has 47 heavy (non-hydrogen) atoms. The second-order valence-electron chi connectivity index (χ2n) is 12.2. The number of hydrogen-bond acceptors (Lipinski definition) is 8. The Morgan fingerprint density at radius 1 is 1.06 bits per heavy atom. The molecule has 0 bridgehead atoms. The first-order chi connectivity index (χ1) is 22.9.